The Labute approximate surface area is 115 Å². The molecular formula is C15H23N3O. The average molecular weight is 261 g/mol. The molecule has 0 bridgehead atoms. The molecular weight excluding hydrogens is 238 g/mol. The Balaban J connectivity index is 1.77. The highest BCUT2D eigenvalue weighted by Gasteiger charge is 2.19. The van der Waals surface area contributed by atoms with Gasteiger partial charge in [0.05, 0.1) is 11.4 Å². The Kier molecular flexibility index (Phi) is 4.80. The van der Waals surface area contributed by atoms with Crippen LogP contribution in [-0.2, 0) is 4.79 Å². The molecule has 1 aliphatic rings. The van der Waals surface area contributed by atoms with E-state index in [-0.39, 0.29) is 5.91 Å². The van der Waals surface area contributed by atoms with E-state index in [0.29, 0.717) is 23.8 Å². The van der Waals surface area contributed by atoms with Crippen molar-refractivity contribution < 1.29 is 4.79 Å². The van der Waals surface area contributed by atoms with Crippen LogP contribution in [0.1, 0.15) is 32.1 Å². The number of nitrogen functional groups attached to an aromatic ring is 1. The topological polar surface area (TPSA) is 58.4 Å². The van der Waals surface area contributed by atoms with Crippen LogP contribution in [0.4, 0.5) is 11.4 Å². The Morgan fingerprint density at radius 1 is 1.37 bits per heavy atom. The van der Waals surface area contributed by atoms with E-state index in [0.717, 1.165) is 6.54 Å². The first-order chi connectivity index (χ1) is 9.16. The highest BCUT2D eigenvalue weighted by Crippen LogP contribution is 2.22. The maximum Gasteiger partial charge on any atom is 0.225 e. The molecule has 3 N–H and O–H groups in total. The Morgan fingerprint density at radius 3 is 2.74 bits per heavy atom. The van der Waals surface area contributed by atoms with Crippen molar-refractivity contribution in [3.63, 3.8) is 0 Å². The van der Waals surface area contributed by atoms with Gasteiger partial charge in [0.1, 0.15) is 0 Å². The molecule has 0 aliphatic heterocycles. The van der Waals surface area contributed by atoms with Crippen molar-refractivity contribution in [3.05, 3.63) is 24.3 Å². The molecule has 0 radical (unpaired) electrons. The van der Waals surface area contributed by atoms with Crippen molar-refractivity contribution in [3.8, 4) is 0 Å². The summed E-state index contributed by atoms with van der Waals surface area (Å²) in [6.07, 6.45) is 5.69. The van der Waals surface area contributed by atoms with Gasteiger partial charge in [-0.3, -0.25) is 4.79 Å². The van der Waals surface area contributed by atoms with Crippen LogP contribution in [0, 0.1) is 0 Å². The Bertz CT molecular complexity index is 427. The van der Waals surface area contributed by atoms with Gasteiger partial charge in [0.2, 0.25) is 5.91 Å². The number of carbonyl (C=O) groups excluding carboxylic acids is 1. The lowest BCUT2D eigenvalue weighted by atomic mass is 10.2. The summed E-state index contributed by atoms with van der Waals surface area (Å²) in [6, 6.07) is 8.01. The molecule has 1 aliphatic carbocycles. The lowest BCUT2D eigenvalue weighted by molar-refractivity contribution is -0.116. The minimum Gasteiger partial charge on any atom is -0.397 e. The van der Waals surface area contributed by atoms with Gasteiger partial charge in [-0.2, -0.15) is 0 Å². The molecule has 1 saturated carbocycles. The summed E-state index contributed by atoms with van der Waals surface area (Å²) in [4.78, 5) is 14.2. The van der Waals surface area contributed by atoms with Crippen molar-refractivity contribution in [1.82, 2.24) is 4.90 Å². The van der Waals surface area contributed by atoms with E-state index in [9.17, 15) is 4.79 Å². The lowest BCUT2D eigenvalue weighted by Gasteiger charge is -2.23. The number of nitrogens with zero attached hydrogens (tertiary/aromatic N) is 1. The van der Waals surface area contributed by atoms with Crippen molar-refractivity contribution in [2.45, 2.75) is 38.1 Å². The molecule has 1 amide bonds. The average Bonchev–Trinajstić information content (AvgIpc) is 2.93. The number of rotatable bonds is 5. The lowest BCUT2D eigenvalue weighted by Crippen LogP contribution is -2.32. The number of nitrogens with one attached hydrogen (secondary N) is 1. The van der Waals surface area contributed by atoms with Crippen LogP contribution >= 0.6 is 0 Å². The first-order valence-electron chi connectivity index (χ1n) is 7.01. The summed E-state index contributed by atoms with van der Waals surface area (Å²) in [5.74, 6) is 0.0303. The van der Waals surface area contributed by atoms with Gasteiger partial charge in [-0.1, -0.05) is 25.0 Å². The highest BCUT2D eigenvalue weighted by molar-refractivity contribution is 5.93. The van der Waals surface area contributed by atoms with E-state index in [2.05, 4.69) is 17.3 Å². The molecule has 0 heterocycles. The van der Waals surface area contributed by atoms with Crippen molar-refractivity contribution >= 4 is 17.3 Å². The van der Waals surface area contributed by atoms with Crippen molar-refractivity contribution in [2.24, 2.45) is 0 Å². The SMILES string of the molecule is CN(CCC(=O)Nc1ccccc1N)C1CCCC1. The van der Waals surface area contributed by atoms with Crippen LogP contribution in [0.25, 0.3) is 0 Å². The number of nitrogens with two attached hydrogens (primary N) is 1. The van der Waals surface area contributed by atoms with Gasteiger partial charge in [0, 0.05) is 19.0 Å². The number of hydrogen-bond acceptors (Lipinski definition) is 3. The second-order valence-electron chi connectivity index (χ2n) is 5.30. The normalized spacial score (nSPS) is 15.9. The quantitative estimate of drug-likeness (QED) is 0.801. The predicted octanol–water partition coefficient (Wildman–Crippen LogP) is 2.47. The largest absolute Gasteiger partial charge is 0.397 e. The van der Waals surface area contributed by atoms with E-state index in [4.69, 9.17) is 5.73 Å². The molecule has 0 saturated heterocycles. The second kappa shape index (κ2) is 6.57. The third-order valence-corrected chi connectivity index (χ3v) is 3.87. The smallest absolute Gasteiger partial charge is 0.225 e. The third kappa shape index (κ3) is 3.96. The number of hydrogen-bond donors (Lipinski definition) is 2. The molecule has 4 nitrogen and oxygen atoms in total. The minimum absolute atomic E-state index is 0.0303. The van der Waals surface area contributed by atoms with Gasteiger partial charge in [-0.05, 0) is 32.0 Å². The van der Waals surface area contributed by atoms with Crippen LogP contribution in [0.5, 0.6) is 0 Å². The summed E-state index contributed by atoms with van der Waals surface area (Å²) < 4.78 is 0. The van der Waals surface area contributed by atoms with E-state index < -0.39 is 0 Å². The van der Waals surface area contributed by atoms with Gasteiger partial charge in [0.15, 0.2) is 0 Å². The molecule has 1 fully saturated rings. The number of amides is 1. The van der Waals surface area contributed by atoms with Crippen LogP contribution < -0.4 is 11.1 Å². The molecule has 0 unspecified atom stereocenters. The minimum atomic E-state index is 0.0303. The Hall–Kier alpha value is -1.55. The molecule has 1 aromatic rings. The monoisotopic (exact) mass is 261 g/mol. The molecule has 1 aromatic carbocycles. The summed E-state index contributed by atoms with van der Waals surface area (Å²) in [5, 5.41) is 2.87. The van der Waals surface area contributed by atoms with Gasteiger partial charge < -0.3 is 16.0 Å². The van der Waals surface area contributed by atoms with E-state index in [1.54, 1.807) is 6.07 Å². The van der Waals surface area contributed by atoms with E-state index in [1.165, 1.54) is 25.7 Å². The first kappa shape index (κ1) is 13.9. The molecule has 104 valence electrons. The van der Waals surface area contributed by atoms with Gasteiger partial charge in [-0.25, -0.2) is 0 Å². The summed E-state index contributed by atoms with van der Waals surface area (Å²) in [7, 11) is 2.11. The molecule has 4 heteroatoms. The fourth-order valence-corrected chi connectivity index (χ4v) is 2.63. The Morgan fingerprint density at radius 2 is 2.05 bits per heavy atom. The summed E-state index contributed by atoms with van der Waals surface area (Å²) in [6.45, 7) is 0.809. The van der Waals surface area contributed by atoms with Crippen molar-refractivity contribution in [2.75, 3.05) is 24.6 Å². The molecule has 0 atom stereocenters. The predicted molar refractivity (Wildman–Crippen MR) is 79.0 cm³/mol. The van der Waals surface area contributed by atoms with E-state index in [1.807, 2.05) is 18.2 Å². The molecule has 0 aromatic heterocycles. The zero-order valence-electron chi connectivity index (χ0n) is 11.6. The zero-order valence-corrected chi connectivity index (χ0v) is 11.6. The summed E-state index contributed by atoms with van der Waals surface area (Å²) in [5.41, 5.74) is 7.11. The second-order valence-corrected chi connectivity index (χ2v) is 5.30. The molecule has 2 rings (SSSR count). The number of anilines is 2. The highest BCUT2D eigenvalue weighted by atomic mass is 16.1. The number of benzene rings is 1. The maximum absolute atomic E-state index is 11.9. The number of para-hydroxylation sites is 2. The van der Waals surface area contributed by atoms with Crippen LogP contribution in [0.3, 0.4) is 0 Å². The molecule has 0 spiro atoms. The van der Waals surface area contributed by atoms with Crippen LogP contribution in [-0.4, -0.2) is 30.4 Å². The standard InChI is InChI=1S/C15H23N3O/c1-18(12-6-2-3-7-12)11-10-15(19)17-14-9-5-4-8-13(14)16/h4-5,8-9,12H,2-3,6-7,10-11,16H2,1H3,(H,17,19). The van der Waals surface area contributed by atoms with Crippen molar-refractivity contribution in [1.29, 1.82) is 0 Å². The van der Waals surface area contributed by atoms with Gasteiger partial charge >= 0.3 is 0 Å². The van der Waals surface area contributed by atoms with Crippen LogP contribution in [0.15, 0.2) is 24.3 Å². The number of carbonyl (C=O) groups is 1. The van der Waals surface area contributed by atoms with Crippen LogP contribution in [0.2, 0.25) is 0 Å². The van der Waals surface area contributed by atoms with E-state index >= 15 is 0 Å². The maximum atomic E-state index is 11.9. The fraction of sp³-hybridized carbons (Fsp3) is 0.533. The summed E-state index contributed by atoms with van der Waals surface area (Å²) >= 11 is 0. The van der Waals surface area contributed by atoms with Gasteiger partial charge in [-0.15, -0.1) is 0 Å². The van der Waals surface area contributed by atoms with Gasteiger partial charge in [0.25, 0.3) is 0 Å². The third-order valence-electron chi connectivity index (χ3n) is 3.87. The molecule has 19 heavy (non-hydrogen) atoms. The fourth-order valence-electron chi connectivity index (χ4n) is 2.63. The first-order valence-corrected chi connectivity index (χ1v) is 7.01. The zero-order chi connectivity index (χ0) is 13.7.